The van der Waals surface area contributed by atoms with Crippen LogP contribution < -0.4 is 5.32 Å². The summed E-state index contributed by atoms with van der Waals surface area (Å²) in [6, 6.07) is 8.69. The van der Waals surface area contributed by atoms with Crippen molar-refractivity contribution in [2.75, 3.05) is 11.9 Å². The molecule has 3 nitrogen and oxygen atoms in total. The average Bonchev–Trinajstić information content (AvgIpc) is 2.50. The van der Waals surface area contributed by atoms with Crippen molar-refractivity contribution in [3.8, 4) is 11.3 Å². The summed E-state index contributed by atoms with van der Waals surface area (Å²) in [7, 11) is 0. The lowest BCUT2D eigenvalue weighted by Gasteiger charge is -2.12. The van der Waals surface area contributed by atoms with E-state index in [0.717, 1.165) is 36.5 Å². The third-order valence-electron chi connectivity index (χ3n) is 3.83. The smallest absolute Gasteiger partial charge is 0.151 e. The Balaban J connectivity index is 2.29. The summed E-state index contributed by atoms with van der Waals surface area (Å²) >= 11 is 0. The fourth-order valence-corrected chi connectivity index (χ4v) is 2.41. The lowest BCUT2D eigenvalue weighted by Crippen LogP contribution is -2.07. The molecule has 3 heteroatoms. The summed E-state index contributed by atoms with van der Waals surface area (Å²) in [5.74, 6) is 0.903. The molecule has 0 unspecified atom stereocenters. The van der Waals surface area contributed by atoms with E-state index in [9.17, 15) is 0 Å². The molecule has 0 aliphatic carbocycles. The summed E-state index contributed by atoms with van der Waals surface area (Å²) in [6.07, 6.45) is 3.39. The second-order valence-corrected chi connectivity index (χ2v) is 5.52. The maximum Gasteiger partial charge on any atom is 0.151 e. The molecule has 1 N–H and O–H groups in total. The molecule has 0 aliphatic heterocycles. The van der Waals surface area contributed by atoms with Crippen LogP contribution in [0, 0.1) is 13.8 Å². The van der Waals surface area contributed by atoms with Gasteiger partial charge in [-0.15, -0.1) is 10.2 Å². The lowest BCUT2D eigenvalue weighted by atomic mass is 10.0. The van der Waals surface area contributed by atoms with Crippen LogP contribution >= 0.6 is 0 Å². The molecule has 0 saturated carbocycles. The number of nitrogens with one attached hydrogen (secondary N) is 1. The van der Waals surface area contributed by atoms with Gasteiger partial charge in [0, 0.05) is 12.1 Å². The Morgan fingerprint density at radius 1 is 0.905 bits per heavy atom. The van der Waals surface area contributed by atoms with Gasteiger partial charge in [0.05, 0.1) is 5.69 Å². The Hall–Kier alpha value is -1.90. The van der Waals surface area contributed by atoms with E-state index in [1.807, 2.05) is 0 Å². The molecule has 112 valence electrons. The zero-order valence-corrected chi connectivity index (χ0v) is 13.5. The minimum atomic E-state index is 0.903. The molecule has 1 aromatic heterocycles. The summed E-state index contributed by atoms with van der Waals surface area (Å²) < 4.78 is 0. The number of aromatic nitrogens is 2. The molecule has 0 spiro atoms. The molecule has 2 aromatic rings. The van der Waals surface area contributed by atoms with Gasteiger partial charge < -0.3 is 5.32 Å². The van der Waals surface area contributed by atoms with Crippen LogP contribution in [0.5, 0.6) is 0 Å². The van der Waals surface area contributed by atoms with Crippen LogP contribution in [0.4, 0.5) is 5.82 Å². The van der Waals surface area contributed by atoms with Crippen molar-refractivity contribution in [3.05, 3.63) is 41.0 Å². The largest absolute Gasteiger partial charge is 0.368 e. The summed E-state index contributed by atoms with van der Waals surface area (Å²) in [5, 5.41) is 12.1. The number of rotatable bonds is 6. The van der Waals surface area contributed by atoms with Crippen LogP contribution in [0.25, 0.3) is 11.3 Å². The molecule has 0 saturated heterocycles. The van der Waals surface area contributed by atoms with E-state index in [0.29, 0.717) is 0 Å². The van der Waals surface area contributed by atoms with Gasteiger partial charge in [-0.05, 0) is 43.4 Å². The van der Waals surface area contributed by atoms with Gasteiger partial charge in [-0.25, -0.2) is 0 Å². The van der Waals surface area contributed by atoms with Crippen LogP contribution in [-0.4, -0.2) is 16.7 Å². The standard InChI is InChI=1S/C18H25N3/c1-5-7-15-8-10-16(11-9-15)17-13(3)14(4)18(21-20-17)19-12-6-2/h8-11H,5-7,12H2,1-4H3,(H,19,21). The molecule has 1 aromatic carbocycles. The minimum absolute atomic E-state index is 0.903. The zero-order chi connectivity index (χ0) is 15.2. The molecule has 0 amide bonds. The molecule has 1 heterocycles. The SMILES string of the molecule is CCCNc1nnc(-c2ccc(CCC)cc2)c(C)c1C. The topological polar surface area (TPSA) is 37.8 Å². The quantitative estimate of drug-likeness (QED) is 0.846. The fourth-order valence-electron chi connectivity index (χ4n) is 2.41. The first-order valence-electron chi connectivity index (χ1n) is 7.84. The van der Waals surface area contributed by atoms with Crippen LogP contribution in [0.2, 0.25) is 0 Å². The van der Waals surface area contributed by atoms with Crippen molar-refractivity contribution in [2.24, 2.45) is 0 Å². The Labute approximate surface area is 127 Å². The van der Waals surface area contributed by atoms with E-state index in [-0.39, 0.29) is 0 Å². The second kappa shape index (κ2) is 7.21. The van der Waals surface area contributed by atoms with Gasteiger partial charge in [-0.3, -0.25) is 0 Å². The highest BCUT2D eigenvalue weighted by Gasteiger charge is 2.11. The zero-order valence-electron chi connectivity index (χ0n) is 13.5. The third kappa shape index (κ3) is 3.60. The first kappa shape index (κ1) is 15.5. The molecule has 0 atom stereocenters. The molecule has 0 bridgehead atoms. The highest BCUT2D eigenvalue weighted by atomic mass is 15.2. The molecular formula is C18H25N3. The average molecular weight is 283 g/mol. The third-order valence-corrected chi connectivity index (χ3v) is 3.83. The summed E-state index contributed by atoms with van der Waals surface area (Å²) in [4.78, 5) is 0. The van der Waals surface area contributed by atoms with E-state index in [2.05, 4.69) is 67.5 Å². The van der Waals surface area contributed by atoms with Crippen molar-refractivity contribution in [2.45, 2.75) is 47.0 Å². The first-order chi connectivity index (χ1) is 10.2. The van der Waals surface area contributed by atoms with Gasteiger partial charge in [0.1, 0.15) is 0 Å². The van der Waals surface area contributed by atoms with Crippen molar-refractivity contribution in [1.82, 2.24) is 10.2 Å². The van der Waals surface area contributed by atoms with Gasteiger partial charge in [0.2, 0.25) is 0 Å². The van der Waals surface area contributed by atoms with Gasteiger partial charge in [0.15, 0.2) is 5.82 Å². The van der Waals surface area contributed by atoms with Crippen LogP contribution in [0.3, 0.4) is 0 Å². The van der Waals surface area contributed by atoms with Crippen molar-refractivity contribution in [3.63, 3.8) is 0 Å². The van der Waals surface area contributed by atoms with E-state index < -0.39 is 0 Å². The highest BCUT2D eigenvalue weighted by Crippen LogP contribution is 2.26. The van der Waals surface area contributed by atoms with Crippen molar-refractivity contribution < 1.29 is 0 Å². The van der Waals surface area contributed by atoms with Gasteiger partial charge in [-0.2, -0.15) is 0 Å². The Kier molecular flexibility index (Phi) is 5.32. The van der Waals surface area contributed by atoms with E-state index in [4.69, 9.17) is 0 Å². The fraction of sp³-hybridized carbons (Fsp3) is 0.444. The molecular weight excluding hydrogens is 258 g/mol. The maximum atomic E-state index is 4.43. The minimum Gasteiger partial charge on any atom is -0.368 e. The number of aryl methyl sites for hydroxylation is 1. The highest BCUT2D eigenvalue weighted by molar-refractivity contribution is 5.66. The van der Waals surface area contributed by atoms with Crippen molar-refractivity contribution >= 4 is 5.82 Å². The van der Waals surface area contributed by atoms with Crippen LogP contribution in [0.15, 0.2) is 24.3 Å². The van der Waals surface area contributed by atoms with Gasteiger partial charge >= 0.3 is 0 Å². The number of hydrogen-bond acceptors (Lipinski definition) is 3. The Morgan fingerprint density at radius 2 is 1.62 bits per heavy atom. The molecule has 2 rings (SSSR count). The summed E-state index contributed by atoms with van der Waals surface area (Å²) in [5.41, 5.74) is 5.89. The van der Waals surface area contributed by atoms with E-state index in [1.165, 1.54) is 23.1 Å². The van der Waals surface area contributed by atoms with Crippen LogP contribution in [-0.2, 0) is 6.42 Å². The number of hydrogen-bond donors (Lipinski definition) is 1. The number of nitrogens with zero attached hydrogens (tertiary/aromatic N) is 2. The van der Waals surface area contributed by atoms with E-state index >= 15 is 0 Å². The monoisotopic (exact) mass is 283 g/mol. The molecule has 21 heavy (non-hydrogen) atoms. The van der Waals surface area contributed by atoms with Gasteiger partial charge in [0.25, 0.3) is 0 Å². The maximum absolute atomic E-state index is 4.43. The lowest BCUT2D eigenvalue weighted by molar-refractivity contribution is 0.921. The number of benzene rings is 1. The molecule has 0 aliphatic rings. The summed E-state index contributed by atoms with van der Waals surface area (Å²) in [6.45, 7) is 9.51. The Bertz CT molecular complexity index is 588. The van der Waals surface area contributed by atoms with Crippen molar-refractivity contribution in [1.29, 1.82) is 0 Å². The van der Waals surface area contributed by atoms with E-state index in [1.54, 1.807) is 0 Å². The Morgan fingerprint density at radius 3 is 2.24 bits per heavy atom. The predicted molar refractivity (Wildman–Crippen MR) is 89.7 cm³/mol. The predicted octanol–water partition coefficient (Wildman–Crippen LogP) is 4.53. The molecule has 0 radical (unpaired) electrons. The van der Waals surface area contributed by atoms with Crippen LogP contribution in [0.1, 0.15) is 43.4 Å². The van der Waals surface area contributed by atoms with Gasteiger partial charge in [-0.1, -0.05) is 44.5 Å². The second-order valence-electron chi connectivity index (χ2n) is 5.52. The number of anilines is 1. The first-order valence-corrected chi connectivity index (χ1v) is 7.84. The normalized spacial score (nSPS) is 10.7. The molecule has 0 fully saturated rings.